The molecule has 0 aliphatic heterocycles. The summed E-state index contributed by atoms with van der Waals surface area (Å²) in [7, 11) is 0. The van der Waals surface area contributed by atoms with Crippen molar-refractivity contribution in [1.82, 2.24) is 0 Å². The molecule has 0 aliphatic carbocycles. The van der Waals surface area contributed by atoms with E-state index in [2.05, 4.69) is 0 Å². The van der Waals surface area contributed by atoms with Crippen molar-refractivity contribution in [2.45, 2.75) is 3.25 Å². The van der Waals surface area contributed by atoms with E-state index in [4.69, 9.17) is 46.4 Å². The first kappa shape index (κ1) is 16.4. The third-order valence-corrected chi connectivity index (χ3v) is 0. The van der Waals surface area contributed by atoms with E-state index >= 15 is 0 Å². The van der Waals surface area contributed by atoms with E-state index in [0.29, 0.717) is 0 Å². The Morgan fingerprint density at radius 3 is 1.00 bits per heavy atom. The molecule has 44 valence electrons. The minimum Gasteiger partial charge on any atom is -1.00 e. The van der Waals surface area contributed by atoms with Crippen LogP contribution in [0, 0.1) is 0 Å². The molecule has 0 fully saturated rings. The largest absolute Gasteiger partial charge is 2.00 e. The molecule has 0 unspecified atom stereocenters. The van der Waals surface area contributed by atoms with Crippen LogP contribution >= 0.6 is 58.8 Å². The topological polar surface area (TPSA) is 0 Å². The molecule has 0 amide bonds. The monoisotopic (exact) mass is 230 g/mol. The Bertz CT molecular complexity index is 30.4. The van der Waals surface area contributed by atoms with Crippen LogP contribution < -0.4 is 0 Å². The number of halogens is 5. The van der Waals surface area contributed by atoms with Crippen molar-refractivity contribution in [3.05, 3.63) is 0 Å². The Morgan fingerprint density at radius 2 is 1.00 bits per heavy atom. The van der Waals surface area contributed by atoms with Crippen molar-refractivity contribution >= 4 is 96.5 Å². The van der Waals surface area contributed by atoms with E-state index in [1.807, 2.05) is 0 Å². The Kier molecular flexibility index (Phi) is 16.0. The van der Waals surface area contributed by atoms with Gasteiger partial charge in [-0.3, -0.25) is 0 Å². The van der Waals surface area contributed by atoms with E-state index in [9.17, 15) is 0 Å². The minimum absolute atomic E-state index is 0. The second-order valence-corrected chi connectivity index (χ2v) is 3.86. The Morgan fingerprint density at radius 1 is 1.00 bits per heavy atom. The standard InChI is InChI=1S/CCl4.Ca.ClH.2H/c2-1(3,4)5;;;;/h;;1H;;/q;+2;;2*-1. The average molecular weight is 232 g/mol. The molecule has 0 saturated carbocycles. The van der Waals surface area contributed by atoms with Crippen LogP contribution in [-0.2, 0) is 0 Å². The maximum absolute atomic E-state index is 4.83. The second kappa shape index (κ2) is 6.82. The summed E-state index contributed by atoms with van der Waals surface area (Å²) in [4.78, 5) is 0. The van der Waals surface area contributed by atoms with E-state index in [1.165, 1.54) is 0 Å². The van der Waals surface area contributed by atoms with Crippen LogP contribution in [0.25, 0.3) is 0 Å². The van der Waals surface area contributed by atoms with E-state index in [1.54, 1.807) is 0 Å². The van der Waals surface area contributed by atoms with Crippen LogP contribution in [0.3, 0.4) is 0 Å². The molecule has 0 atom stereocenters. The van der Waals surface area contributed by atoms with Gasteiger partial charge in [-0.1, -0.05) is 46.4 Å². The molecule has 0 aliphatic rings. The SMILES string of the molecule is Cl.ClC(Cl)(Cl)Cl.[Ca+2].[H-].[H-]. The van der Waals surface area contributed by atoms with Gasteiger partial charge in [0.15, 0.2) is 0 Å². The molecule has 7 heavy (non-hydrogen) atoms. The summed E-state index contributed by atoms with van der Waals surface area (Å²) in [5, 5.41) is 0. The molecule has 0 aromatic heterocycles. The average Bonchev–Trinajstić information content (AvgIpc) is 0.722. The van der Waals surface area contributed by atoms with Gasteiger partial charge in [-0.2, -0.15) is 0 Å². The molecule has 0 spiro atoms. The van der Waals surface area contributed by atoms with Gasteiger partial charge in [0.1, 0.15) is 0 Å². The maximum Gasteiger partial charge on any atom is 2.00 e. The van der Waals surface area contributed by atoms with E-state index in [-0.39, 0.29) is 53.0 Å². The molecular weight excluding hydrogens is 229 g/mol. The Labute approximate surface area is 101 Å². The Balaban J connectivity index is -0.0000000133. The quantitative estimate of drug-likeness (QED) is 0.445. The van der Waals surface area contributed by atoms with Gasteiger partial charge in [-0.25, -0.2) is 0 Å². The smallest absolute Gasteiger partial charge is 1.00 e. The summed E-state index contributed by atoms with van der Waals surface area (Å²) in [6, 6.07) is 0. The van der Waals surface area contributed by atoms with Crippen LogP contribution in [0.5, 0.6) is 0 Å². The van der Waals surface area contributed by atoms with Crippen molar-refractivity contribution in [2.24, 2.45) is 0 Å². The molecule has 0 aromatic rings. The molecule has 0 radical (unpaired) electrons. The molecule has 0 bridgehead atoms. The third-order valence-electron chi connectivity index (χ3n) is 0. The molecule has 0 saturated heterocycles. The zero-order chi connectivity index (χ0) is 4.50. The molecule has 0 nitrogen and oxygen atoms in total. The van der Waals surface area contributed by atoms with Crippen LogP contribution in [0.4, 0.5) is 0 Å². The van der Waals surface area contributed by atoms with E-state index in [0.717, 1.165) is 0 Å². The predicted octanol–water partition coefficient (Wildman–Crippen LogP) is 2.82. The summed E-state index contributed by atoms with van der Waals surface area (Å²) in [5.74, 6) is 0. The fourth-order valence-electron chi connectivity index (χ4n) is 0. The summed E-state index contributed by atoms with van der Waals surface area (Å²) >= 11 is 19.3. The molecule has 0 N–H and O–H groups in total. The molecular formula is CH3CaCl5. The van der Waals surface area contributed by atoms with Crippen LogP contribution in [0.15, 0.2) is 0 Å². The third kappa shape index (κ3) is 53.4. The first-order valence-electron chi connectivity index (χ1n) is 0.756. The van der Waals surface area contributed by atoms with Crippen molar-refractivity contribution in [3.8, 4) is 0 Å². The zero-order valence-corrected chi connectivity index (χ0v) is 9.18. The van der Waals surface area contributed by atoms with Gasteiger partial charge in [-0.15, -0.1) is 12.4 Å². The fourth-order valence-corrected chi connectivity index (χ4v) is 0. The van der Waals surface area contributed by atoms with Gasteiger partial charge < -0.3 is 2.85 Å². The maximum atomic E-state index is 4.83. The molecule has 0 aromatic carbocycles. The summed E-state index contributed by atoms with van der Waals surface area (Å²) < 4.78 is -1.61. The first-order valence-corrected chi connectivity index (χ1v) is 2.27. The number of alkyl halides is 4. The van der Waals surface area contributed by atoms with Gasteiger partial charge in [-0.05, 0) is 0 Å². The summed E-state index contributed by atoms with van der Waals surface area (Å²) in [5.41, 5.74) is 0. The normalized spacial score (nSPS) is 8.57. The van der Waals surface area contributed by atoms with E-state index < -0.39 is 3.25 Å². The molecule has 6 heteroatoms. The van der Waals surface area contributed by atoms with Gasteiger partial charge in [0.05, 0.1) is 0 Å². The van der Waals surface area contributed by atoms with Crippen LogP contribution in [-0.4, -0.2) is 41.0 Å². The van der Waals surface area contributed by atoms with Crippen molar-refractivity contribution < 1.29 is 2.85 Å². The van der Waals surface area contributed by atoms with Gasteiger partial charge in [0.2, 0.25) is 0 Å². The van der Waals surface area contributed by atoms with Gasteiger partial charge in [0, 0.05) is 0 Å². The number of hydrogen-bond acceptors (Lipinski definition) is 0. The fraction of sp³-hybridized carbons (Fsp3) is 1.00. The molecule has 0 heterocycles. The van der Waals surface area contributed by atoms with Gasteiger partial charge in [0.25, 0.3) is 3.25 Å². The second-order valence-electron chi connectivity index (χ2n) is 0.429. The van der Waals surface area contributed by atoms with Crippen molar-refractivity contribution in [3.63, 3.8) is 0 Å². The number of hydrogen-bond donors (Lipinski definition) is 0. The van der Waals surface area contributed by atoms with Crippen molar-refractivity contribution in [1.29, 1.82) is 0 Å². The predicted molar refractivity (Wildman–Crippen MR) is 41.4 cm³/mol. The minimum atomic E-state index is -1.61. The summed E-state index contributed by atoms with van der Waals surface area (Å²) in [6.45, 7) is 0. The van der Waals surface area contributed by atoms with Crippen molar-refractivity contribution in [2.75, 3.05) is 0 Å². The number of rotatable bonds is 0. The first-order chi connectivity index (χ1) is 2.00. The molecule has 0 rings (SSSR count). The van der Waals surface area contributed by atoms with Crippen LogP contribution in [0.2, 0.25) is 0 Å². The zero-order valence-electron chi connectivity index (χ0n) is 5.13. The van der Waals surface area contributed by atoms with Gasteiger partial charge >= 0.3 is 37.7 Å². The summed E-state index contributed by atoms with van der Waals surface area (Å²) in [6.07, 6.45) is 0. The van der Waals surface area contributed by atoms with Crippen LogP contribution in [0.1, 0.15) is 2.85 Å². The Hall–Kier alpha value is 2.71.